The van der Waals surface area contributed by atoms with Gasteiger partial charge in [-0.25, -0.2) is 0 Å². The highest BCUT2D eigenvalue weighted by Crippen LogP contribution is 2.25. The number of carbonyl (C=O) groups is 2. The fourth-order valence-corrected chi connectivity index (χ4v) is 2.30. The number of amides is 2. The average molecular weight is 327 g/mol. The molecule has 0 aliphatic carbocycles. The Hall–Kier alpha value is -2.38. The van der Waals surface area contributed by atoms with E-state index < -0.39 is 12.5 Å². The molecule has 1 heterocycles. The lowest BCUT2D eigenvalue weighted by atomic mass is 10.3. The second-order valence-electron chi connectivity index (χ2n) is 5.09. The molecule has 0 saturated carbocycles. The highest BCUT2D eigenvalue weighted by Gasteiger charge is 2.18. The molecule has 126 valence electrons. The number of nitrogens with one attached hydrogen (secondary N) is 2. The largest absolute Gasteiger partial charge is 0.433 e. The fourth-order valence-electron chi connectivity index (χ4n) is 2.30. The summed E-state index contributed by atoms with van der Waals surface area (Å²) >= 11 is 0. The van der Waals surface area contributed by atoms with E-state index in [2.05, 4.69) is 15.4 Å². The van der Waals surface area contributed by atoms with Crippen LogP contribution in [-0.2, 0) is 9.59 Å². The summed E-state index contributed by atoms with van der Waals surface area (Å²) in [5, 5.41) is 5.22. The molecule has 23 heavy (non-hydrogen) atoms. The lowest BCUT2D eigenvalue weighted by Crippen LogP contribution is -2.40. The number of alkyl halides is 2. The maximum absolute atomic E-state index is 12.3. The molecule has 0 aromatic heterocycles. The number of likely N-dealkylation sites (tertiary alicyclic amines) is 1. The highest BCUT2D eigenvalue weighted by atomic mass is 19.3. The molecule has 1 aliphatic heterocycles. The van der Waals surface area contributed by atoms with Crippen LogP contribution in [0.3, 0.4) is 0 Å². The molecule has 0 spiro atoms. The second kappa shape index (κ2) is 8.30. The van der Waals surface area contributed by atoms with Gasteiger partial charge in [0, 0.05) is 13.1 Å². The van der Waals surface area contributed by atoms with Crippen LogP contribution in [0.2, 0.25) is 0 Å². The number of hydrogen-bond acceptors (Lipinski definition) is 4. The van der Waals surface area contributed by atoms with Gasteiger partial charge in [0.1, 0.15) is 5.75 Å². The van der Waals surface area contributed by atoms with Crippen LogP contribution in [0.25, 0.3) is 0 Å². The first kappa shape index (κ1) is 17.0. The summed E-state index contributed by atoms with van der Waals surface area (Å²) in [6.07, 6.45) is 1.98. The van der Waals surface area contributed by atoms with Crippen LogP contribution in [-0.4, -0.2) is 49.5 Å². The van der Waals surface area contributed by atoms with Crippen molar-refractivity contribution < 1.29 is 23.1 Å². The van der Waals surface area contributed by atoms with Gasteiger partial charge in [-0.15, -0.1) is 0 Å². The molecule has 6 nitrogen and oxygen atoms in total. The topological polar surface area (TPSA) is 70.7 Å². The lowest BCUT2D eigenvalue weighted by molar-refractivity contribution is -0.131. The molecule has 2 N–H and O–H groups in total. The third kappa shape index (κ3) is 5.39. The van der Waals surface area contributed by atoms with E-state index in [9.17, 15) is 18.4 Å². The first-order valence-corrected chi connectivity index (χ1v) is 7.38. The van der Waals surface area contributed by atoms with Crippen molar-refractivity contribution in [2.45, 2.75) is 19.5 Å². The van der Waals surface area contributed by atoms with E-state index in [1.54, 1.807) is 17.0 Å². The van der Waals surface area contributed by atoms with Gasteiger partial charge in [-0.05, 0) is 25.0 Å². The van der Waals surface area contributed by atoms with Crippen LogP contribution in [0, 0.1) is 0 Å². The summed E-state index contributed by atoms with van der Waals surface area (Å²) in [6.45, 7) is -1.69. The van der Waals surface area contributed by atoms with E-state index in [-0.39, 0.29) is 30.4 Å². The zero-order chi connectivity index (χ0) is 16.7. The number of anilines is 1. The quantitative estimate of drug-likeness (QED) is 0.795. The minimum absolute atomic E-state index is 0.0385. The van der Waals surface area contributed by atoms with E-state index in [1.807, 2.05) is 0 Å². The Bertz CT molecular complexity index is 549. The monoisotopic (exact) mass is 327 g/mol. The Morgan fingerprint density at radius 1 is 1.17 bits per heavy atom. The van der Waals surface area contributed by atoms with Crippen molar-refractivity contribution in [3.05, 3.63) is 24.3 Å². The Morgan fingerprint density at radius 2 is 1.87 bits per heavy atom. The van der Waals surface area contributed by atoms with Crippen LogP contribution >= 0.6 is 0 Å². The Balaban J connectivity index is 1.77. The number of benzene rings is 1. The Kier molecular flexibility index (Phi) is 6.13. The maximum Gasteiger partial charge on any atom is 0.387 e. The molecule has 0 radical (unpaired) electrons. The summed E-state index contributed by atoms with van der Waals surface area (Å²) < 4.78 is 28.9. The van der Waals surface area contributed by atoms with E-state index in [1.165, 1.54) is 12.1 Å². The lowest BCUT2D eigenvalue weighted by Gasteiger charge is -2.16. The number of nitrogens with zero attached hydrogens (tertiary/aromatic N) is 1. The molecule has 2 amide bonds. The molecule has 1 aromatic rings. The van der Waals surface area contributed by atoms with Crippen molar-refractivity contribution in [2.75, 3.05) is 31.5 Å². The number of rotatable bonds is 7. The molecule has 1 saturated heterocycles. The highest BCUT2D eigenvalue weighted by molar-refractivity contribution is 5.87. The zero-order valence-corrected chi connectivity index (χ0v) is 12.6. The van der Waals surface area contributed by atoms with Crippen molar-refractivity contribution in [3.63, 3.8) is 0 Å². The molecule has 1 aliphatic rings. The van der Waals surface area contributed by atoms with Crippen LogP contribution in [0.5, 0.6) is 5.75 Å². The van der Waals surface area contributed by atoms with Gasteiger partial charge in [0.05, 0.1) is 18.8 Å². The first-order valence-electron chi connectivity index (χ1n) is 7.38. The molecule has 1 aromatic carbocycles. The van der Waals surface area contributed by atoms with Gasteiger partial charge in [0.2, 0.25) is 11.8 Å². The number of hydrogen-bond donors (Lipinski definition) is 2. The minimum Gasteiger partial charge on any atom is -0.433 e. The van der Waals surface area contributed by atoms with Crippen LogP contribution < -0.4 is 15.4 Å². The smallest absolute Gasteiger partial charge is 0.387 e. The van der Waals surface area contributed by atoms with E-state index >= 15 is 0 Å². The molecular formula is C15H19F2N3O3. The van der Waals surface area contributed by atoms with Crippen LogP contribution in [0.1, 0.15) is 12.8 Å². The molecule has 0 atom stereocenters. The van der Waals surface area contributed by atoms with Crippen molar-refractivity contribution in [1.29, 1.82) is 0 Å². The van der Waals surface area contributed by atoms with Crippen LogP contribution in [0.4, 0.5) is 14.5 Å². The van der Waals surface area contributed by atoms with Crippen molar-refractivity contribution in [3.8, 4) is 5.75 Å². The average Bonchev–Trinajstić information content (AvgIpc) is 3.05. The van der Waals surface area contributed by atoms with E-state index in [0.717, 1.165) is 25.9 Å². The van der Waals surface area contributed by atoms with Gasteiger partial charge in [0.25, 0.3) is 0 Å². The minimum atomic E-state index is -2.94. The molecule has 8 heteroatoms. The molecule has 1 fully saturated rings. The normalized spacial score (nSPS) is 14.0. The Morgan fingerprint density at radius 3 is 2.57 bits per heavy atom. The molecule has 2 rings (SSSR count). The molecule has 0 bridgehead atoms. The number of ether oxygens (including phenoxy) is 1. The summed E-state index contributed by atoms with van der Waals surface area (Å²) in [4.78, 5) is 25.2. The van der Waals surface area contributed by atoms with Gasteiger partial charge in [0.15, 0.2) is 0 Å². The zero-order valence-electron chi connectivity index (χ0n) is 12.6. The maximum atomic E-state index is 12.3. The van der Waals surface area contributed by atoms with Crippen molar-refractivity contribution in [2.24, 2.45) is 0 Å². The van der Waals surface area contributed by atoms with Gasteiger partial charge >= 0.3 is 6.61 Å². The first-order chi connectivity index (χ1) is 11.1. The third-order valence-corrected chi connectivity index (χ3v) is 3.44. The summed E-state index contributed by atoms with van der Waals surface area (Å²) in [7, 11) is 0. The van der Waals surface area contributed by atoms with Gasteiger partial charge in [-0.2, -0.15) is 8.78 Å². The fraction of sp³-hybridized carbons (Fsp3) is 0.467. The summed E-state index contributed by atoms with van der Waals surface area (Å²) in [5.41, 5.74) is 0.286. The SMILES string of the molecule is O=C(CNc1ccccc1OC(F)F)NCC(=O)N1CCCC1. The van der Waals surface area contributed by atoms with Crippen LogP contribution in [0.15, 0.2) is 24.3 Å². The number of halogens is 2. The van der Waals surface area contributed by atoms with Crippen molar-refractivity contribution >= 4 is 17.5 Å². The third-order valence-electron chi connectivity index (χ3n) is 3.44. The number of carbonyl (C=O) groups excluding carboxylic acids is 2. The van der Waals surface area contributed by atoms with Crippen molar-refractivity contribution in [1.82, 2.24) is 10.2 Å². The van der Waals surface area contributed by atoms with Gasteiger partial charge in [-0.1, -0.05) is 12.1 Å². The standard InChI is InChI=1S/C15H19F2N3O3/c16-15(17)23-12-6-2-1-5-11(12)18-9-13(21)19-10-14(22)20-7-3-4-8-20/h1-2,5-6,15,18H,3-4,7-10H2,(H,19,21). The van der Waals surface area contributed by atoms with Gasteiger partial charge in [-0.3, -0.25) is 9.59 Å². The number of para-hydroxylation sites is 2. The summed E-state index contributed by atoms with van der Waals surface area (Å²) in [6, 6.07) is 6.09. The van der Waals surface area contributed by atoms with E-state index in [0.29, 0.717) is 0 Å². The second-order valence-corrected chi connectivity index (χ2v) is 5.09. The molecule has 0 unspecified atom stereocenters. The predicted octanol–water partition coefficient (Wildman–Crippen LogP) is 1.44. The van der Waals surface area contributed by atoms with E-state index in [4.69, 9.17) is 0 Å². The molecular weight excluding hydrogens is 308 g/mol. The van der Waals surface area contributed by atoms with Gasteiger partial charge < -0.3 is 20.3 Å². The Labute approximate surface area is 132 Å². The summed E-state index contributed by atoms with van der Waals surface area (Å²) in [5.74, 6) is -0.551. The predicted molar refractivity (Wildman–Crippen MR) is 80.4 cm³/mol.